The Morgan fingerprint density at radius 1 is 1.21 bits per heavy atom. The van der Waals surface area contributed by atoms with Crippen LogP contribution >= 0.6 is 0 Å². The van der Waals surface area contributed by atoms with Crippen LogP contribution in [0.15, 0.2) is 42.7 Å². The first-order valence-corrected chi connectivity index (χ1v) is 8.29. The number of imidazole rings is 1. The van der Waals surface area contributed by atoms with Crippen LogP contribution in [-0.2, 0) is 0 Å². The molecule has 1 aliphatic heterocycles. The van der Waals surface area contributed by atoms with E-state index >= 15 is 0 Å². The van der Waals surface area contributed by atoms with Crippen molar-refractivity contribution in [3.63, 3.8) is 0 Å². The van der Waals surface area contributed by atoms with Gasteiger partial charge in [-0.15, -0.1) is 0 Å². The largest absolute Gasteiger partial charge is 0.495 e. The molecule has 124 valence electrons. The van der Waals surface area contributed by atoms with Gasteiger partial charge in [0.25, 0.3) is 0 Å². The predicted octanol–water partition coefficient (Wildman–Crippen LogP) is 2.57. The van der Waals surface area contributed by atoms with E-state index in [4.69, 9.17) is 9.72 Å². The number of rotatable bonds is 4. The SMILES string of the molecule is COc1ccc2ncc(-c3cccc(NC4CCNCC4)n3)n2c1. The maximum Gasteiger partial charge on any atom is 0.137 e. The number of hydrogen-bond donors (Lipinski definition) is 2. The highest BCUT2D eigenvalue weighted by atomic mass is 16.5. The number of anilines is 1. The Balaban J connectivity index is 1.65. The monoisotopic (exact) mass is 323 g/mol. The molecule has 6 heteroatoms. The molecule has 0 atom stereocenters. The van der Waals surface area contributed by atoms with E-state index in [0.29, 0.717) is 6.04 Å². The molecule has 3 aromatic rings. The Bertz CT molecular complexity index is 838. The highest BCUT2D eigenvalue weighted by Crippen LogP contribution is 2.23. The highest BCUT2D eigenvalue weighted by molar-refractivity contribution is 5.62. The minimum Gasteiger partial charge on any atom is -0.495 e. The standard InChI is InChI=1S/C18H21N5O/c1-24-14-5-6-18-20-11-16(23(18)12-14)15-3-2-4-17(22-15)21-13-7-9-19-10-8-13/h2-6,11-13,19H,7-10H2,1H3,(H,21,22). The minimum atomic E-state index is 0.483. The van der Waals surface area contributed by atoms with Crippen molar-refractivity contribution in [3.8, 4) is 17.1 Å². The Labute approximate surface area is 140 Å². The van der Waals surface area contributed by atoms with Gasteiger partial charge in [-0.2, -0.15) is 0 Å². The van der Waals surface area contributed by atoms with Gasteiger partial charge in [0.15, 0.2) is 0 Å². The second-order valence-electron chi connectivity index (χ2n) is 6.02. The third kappa shape index (κ3) is 2.92. The van der Waals surface area contributed by atoms with Gasteiger partial charge in [-0.3, -0.25) is 4.40 Å². The summed E-state index contributed by atoms with van der Waals surface area (Å²) < 4.78 is 7.33. The lowest BCUT2D eigenvalue weighted by Crippen LogP contribution is -2.35. The lowest BCUT2D eigenvalue weighted by Gasteiger charge is -2.24. The molecule has 3 aromatic heterocycles. The van der Waals surface area contributed by atoms with E-state index in [1.807, 2.05) is 47.1 Å². The molecule has 1 saturated heterocycles. The molecule has 0 bridgehead atoms. The summed E-state index contributed by atoms with van der Waals surface area (Å²) >= 11 is 0. The van der Waals surface area contributed by atoms with Crippen molar-refractivity contribution in [1.29, 1.82) is 0 Å². The normalized spacial score (nSPS) is 15.5. The maximum atomic E-state index is 5.32. The molecular weight excluding hydrogens is 302 g/mol. The maximum absolute atomic E-state index is 5.32. The van der Waals surface area contributed by atoms with E-state index in [1.165, 1.54) is 0 Å². The third-order valence-electron chi connectivity index (χ3n) is 4.42. The van der Waals surface area contributed by atoms with Crippen LogP contribution in [0.3, 0.4) is 0 Å². The summed E-state index contributed by atoms with van der Waals surface area (Å²) in [5.41, 5.74) is 2.73. The summed E-state index contributed by atoms with van der Waals surface area (Å²) in [6.45, 7) is 2.12. The molecule has 0 unspecified atom stereocenters. The zero-order chi connectivity index (χ0) is 16.4. The van der Waals surface area contributed by atoms with E-state index < -0.39 is 0 Å². The van der Waals surface area contributed by atoms with Gasteiger partial charge in [-0.25, -0.2) is 9.97 Å². The number of hydrogen-bond acceptors (Lipinski definition) is 5. The van der Waals surface area contributed by atoms with Gasteiger partial charge in [0.2, 0.25) is 0 Å². The van der Waals surface area contributed by atoms with E-state index in [9.17, 15) is 0 Å². The molecule has 0 radical (unpaired) electrons. The highest BCUT2D eigenvalue weighted by Gasteiger charge is 2.14. The van der Waals surface area contributed by atoms with E-state index in [2.05, 4.69) is 15.6 Å². The molecule has 2 N–H and O–H groups in total. The van der Waals surface area contributed by atoms with Gasteiger partial charge in [0.05, 0.1) is 30.9 Å². The molecule has 0 spiro atoms. The first-order valence-electron chi connectivity index (χ1n) is 8.29. The minimum absolute atomic E-state index is 0.483. The average molecular weight is 323 g/mol. The van der Waals surface area contributed by atoms with Crippen molar-refractivity contribution in [2.45, 2.75) is 18.9 Å². The summed E-state index contributed by atoms with van der Waals surface area (Å²) in [6, 6.07) is 10.4. The molecule has 0 saturated carbocycles. The Morgan fingerprint density at radius 3 is 2.92 bits per heavy atom. The average Bonchev–Trinajstić information content (AvgIpc) is 3.06. The molecule has 6 nitrogen and oxygen atoms in total. The predicted molar refractivity (Wildman–Crippen MR) is 94.5 cm³/mol. The molecule has 1 aliphatic rings. The van der Waals surface area contributed by atoms with Crippen molar-refractivity contribution in [3.05, 3.63) is 42.7 Å². The molecule has 0 aliphatic carbocycles. The van der Waals surface area contributed by atoms with Crippen LogP contribution in [0.1, 0.15) is 12.8 Å². The van der Waals surface area contributed by atoms with Gasteiger partial charge in [0.1, 0.15) is 17.2 Å². The Kier molecular flexibility index (Phi) is 4.04. The molecule has 0 aromatic carbocycles. The number of pyridine rings is 2. The molecular formula is C18H21N5O. The number of ether oxygens (including phenoxy) is 1. The van der Waals surface area contributed by atoms with Crippen molar-refractivity contribution in [1.82, 2.24) is 19.7 Å². The topological polar surface area (TPSA) is 63.5 Å². The summed E-state index contributed by atoms with van der Waals surface area (Å²) in [4.78, 5) is 9.24. The van der Waals surface area contributed by atoms with Gasteiger partial charge >= 0.3 is 0 Å². The molecule has 24 heavy (non-hydrogen) atoms. The van der Waals surface area contributed by atoms with Crippen LogP contribution in [0, 0.1) is 0 Å². The zero-order valence-corrected chi connectivity index (χ0v) is 13.7. The third-order valence-corrected chi connectivity index (χ3v) is 4.42. The number of aromatic nitrogens is 3. The molecule has 4 rings (SSSR count). The Morgan fingerprint density at radius 2 is 2.08 bits per heavy atom. The van der Waals surface area contributed by atoms with Gasteiger partial charge in [-0.05, 0) is 50.2 Å². The van der Waals surface area contributed by atoms with Gasteiger partial charge < -0.3 is 15.4 Å². The molecule has 4 heterocycles. The van der Waals surface area contributed by atoms with Crippen molar-refractivity contribution >= 4 is 11.5 Å². The number of nitrogens with zero attached hydrogens (tertiary/aromatic N) is 3. The van der Waals surface area contributed by atoms with Crippen LogP contribution in [0.25, 0.3) is 17.0 Å². The van der Waals surface area contributed by atoms with Crippen molar-refractivity contribution in [2.24, 2.45) is 0 Å². The number of methoxy groups -OCH3 is 1. The van der Waals surface area contributed by atoms with Crippen LogP contribution in [-0.4, -0.2) is 40.6 Å². The smallest absolute Gasteiger partial charge is 0.137 e. The first kappa shape index (κ1) is 15.0. The quantitative estimate of drug-likeness (QED) is 0.772. The van der Waals surface area contributed by atoms with Crippen LogP contribution < -0.4 is 15.4 Å². The van der Waals surface area contributed by atoms with Gasteiger partial charge in [0, 0.05) is 6.04 Å². The summed E-state index contributed by atoms with van der Waals surface area (Å²) in [5.74, 6) is 1.71. The second kappa shape index (κ2) is 6.49. The second-order valence-corrected chi connectivity index (χ2v) is 6.02. The number of piperidine rings is 1. The van der Waals surface area contributed by atoms with Crippen LogP contribution in [0.2, 0.25) is 0 Å². The Hall–Kier alpha value is -2.60. The zero-order valence-electron chi connectivity index (χ0n) is 13.7. The summed E-state index contributed by atoms with van der Waals surface area (Å²) in [6.07, 6.45) is 6.04. The number of fused-ring (bicyclic) bond motifs is 1. The van der Waals surface area contributed by atoms with Gasteiger partial charge in [-0.1, -0.05) is 6.07 Å². The lowest BCUT2D eigenvalue weighted by molar-refractivity contribution is 0.412. The summed E-state index contributed by atoms with van der Waals surface area (Å²) in [5, 5.41) is 6.93. The lowest BCUT2D eigenvalue weighted by atomic mass is 10.1. The fourth-order valence-electron chi connectivity index (χ4n) is 3.10. The van der Waals surface area contributed by atoms with E-state index in [0.717, 1.165) is 54.5 Å². The van der Waals surface area contributed by atoms with E-state index in [-0.39, 0.29) is 0 Å². The number of nitrogens with one attached hydrogen (secondary N) is 2. The first-order chi connectivity index (χ1) is 11.8. The van der Waals surface area contributed by atoms with Crippen molar-refractivity contribution < 1.29 is 4.74 Å². The fourth-order valence-corrected chi connectivity index (χ4v) is 3.10. The fraction of sp³-hybridized carbons (Fsp3) is 0.333. The van der Waals surface area contributed by atoms with Crippen LogP contribution in [0.5, 0.6) is 5.75 Å². The van der Waals surface area contributed by atoms with Crippen molar-refractivity contribution in [2.75, 3.05) is 25.5 Å². The summed E-state index contributed by atoms with van der Waals surface area (Å²) in [7, 11) is 1.67. The van der Waals surface area contributed by atoms with Crippen LogP contribution in [0.4, 0.5) is 5.82 Å². The molecule has 1 fully saturated rings. The van der Waals surface area contributed by atoms with E-state index in [1.54, 1.807) is 7.11 Å². The molecule has 0 amide bonds.